The topological polar surface area (TPSA) is 58.7 Å². The number of rotatable bonds is 12. The number of hydrogen-bond acceptors (Lipinski definition) is 4. The molecule has 0 bridgehead atoms. The van der Waals surface area contributed by atoms with Gasteiger partial charge in [-0.2, -0.15) is 0 Å². The predicted molar refractivity (Wildman–Crippen MR) is 96.4 cm³/mol. The number of benzene rings is 1. The molecule has 0 spiro atoms. The van der Waals surface area contributed by atoms with E-state index in [-0.39, 0.29) is 12.5 Å². The maximum absolute atomic E-state index is 13.3. The summed E-state index contributed by atoms with van der Waals surface area (Å²) in [6, 6.07) is 2.85. The third kappa shape index (κ3) is 8.05. The highest BCUT2D eigenvalue weighted by molar-refractivity contribution is 5.19. The minimum Gasteiger partial charge on any atom is -0.390 e. The molecule has 3 N–H and O–H groups in total. The lowest BCUT2D eigenvalue weighted by Gasteiger charge is -2.31. The van der Waals surface area contributed by atoms with Crippen LogP contribution in [0.4, 0.5) is 8.78 Å². The van der Waals surface area contributed by atoms with E-state index in [0.717, 1.165) is 18.9 Å². The molecule has 0 amide bonds. The average molecular weight is 356 g/mol. The molecule has 1 aromatic carbocycles. The summed E-state index contributed by atoms with van der Waals surface area (Å²) >= 11 is 0. The van der Waals surface area contributed by atoms with Crippen LogP contribution in [0.25, 0.3) is 0 Å². The van der Waals surface area contributed by atoms with E-state index in [2.05, 4.69) is 13.5 Å². The Bertz CT molecular complexity index is 508. The van der Waals surface area contributed by atoms with Crippen LogP contribution in [-0.4, -0.2) is 55.0 Å². The van der Waals surface area contributed by atoms with Gasteiger partial charge in [0, 0.05) is 24.7 Å². The number of nitrogens with zero attached hydrogens (tertiary/aromatic N) is 1. The number of nitrogens with two attached hydrogens (primary N) is 1. The SMILES string of the molecule is C=CCOC[C@@H](CCC)N(C)C[C@@H](O)[C@@H](N)Cc1cc(F)cc(F)c1. The second-order valence-corrected chi connectivity index (χ2v) is 6.42. The molecule has 0 unspecified atom stereocenters. The Morgan fingerprint density at radius 3 is 2.52 bits per heavy atom. The molecule has 0 aliphatic heterocycles. The summed E-state index contributed by atoms with van der Waals surface area (Å²) in [4.78, 5) is 2.02. The standard InChI is InChI=1S/C19H30F2N2O2/c1-4-6-17(13-25-7-5-2)23(3)12-19(24)18(22)10-14-8-15(20)11-16(21)9-14/h5,8-9,11,17-19,24H,2,4,6-7,10,12-13,22H2,1,3H3/t17-,18+,19-/m1/s1. The van der Waals surface area contributed by atoms with Crippen molar-refractivity contribution in [2.24, 2.45) is 5.73 Å². The Morgan fingerprint density at radius 1 is 1.32 bits per heavy atom. The van der Waals surface area contributed by atoms with Crippen LogP contribution in [0.3, 0.4) is 0 Å². The first-order valence-electron chi connectivity index (χ1n) is 8.64. The summed E-state index contributed by atoms with van der Waals surface area (Å²) in [5.41, 5.74) is 6.46. The highest BCUT2D eigenvalue weighted by atomic mass is 19.1. The van der Waals surface area contributed by atoms with Gasteiger partial charge >= 0.3 is 0 Å². The minimum atomic E-state index is -0.810. The highest BCUT2D eigenvalue weighted by Gasteiger charge is 2.22. The fourth-order valence-corrected chi connectivity index (χ4v) is 2.77. The molecular formula is C19H30F2N2O2. The molecule has 0 heterocycles. The van der Waals surface area contributed by atoms with Crippen LogP contribution in [0, 0.1) is 11.6 Å². The van der Waals surface area contributed by atoms with Gasteiger partial charge in [-0.3, -0.25) is 4.90 Å². The second kappa shape index (κ2) is 11.3. The fraction of sp³-hybridized carbons (Fsp3) is 0.579. The number of likely N-dealkylation sites (N-methyl/N-ethyl adjacent to an activating group) is 1. The average Bonchev–Trinajstić information content (AvgIpc) is 2.53. The molecule has 142 valence electrons. The summed E-state index contributed by atoms with van der Waals surface area (Å²) in [6.45, 7) is 7.11. The molecular weight excluding hydrogens is 326 g/mol. The van der Waals surface area contributed by atoms with Crippen LogP contribution in [0.5, 0.6) is 0 Å². The van der Waals surface area contributed by atoms with Gasteiger partial charge in [0.15, 0.2) is 0 Å². The van der Waals surface area contributed by atoms with Crippen molar-refractivity contribution in [2.45, 2.75) is 44.4 Å². The fourth-order valence-electron chi connectivity index (χ4n) is 2.77. The van der Waals surface area contributed by atoms with Crippen LogP contribution in [-0.2, 0) is 11.2 Å². The van der Waals surface area contributed by atoms with E-state index in [1.807, 2.05) is 11.9 Å². The van der Waals surface area contributed by atoms with E-state index in [1.54, 1.807) is 6.08 Å². The first-order valence-corrected chi connectivity index (χ1v) is 8.64. The number of ether oxygens (including phenoxy) is 1. The molecule has 0 radical (unpaired) electrons. The van der Waals surface area contributed by atoms with Gasteiger partial charge in [-0.1, -0.05) is 19.4 Å². The van der Waals surface area contributed by atoms with Crippen LogP contribution >= 0.6 is 0 Å². The van der Waals surface area contributed by atoms with Gasteiger partial charge in [0.2, 0.25) is 0 Å². The molecule has 4 nitrogen and oxygen atoms in total. The maximum Gasteiger partial charge on any atom is 0.126 e. The van der Waals surface area contributed by atoms with Crippen molar-refractivity contribution in [3.05, 3.63) is 48.1 Å². The number of aliphatic hydroxyl groups is 1. The van der Waals surface area contributed by atoms with E-state index in [0.29, 0.717) is 25.3 Å². The van der Waals surface area contributed by atoms with Crippen LogP contribution in [0.2, 0.25) is 0 Å². The van der Waals surface area contributed by atoms with Gasteiger partial charge in [-0.05, 0) is 37.6 Å². The zero-order valence-electron chi connectivity index (χ0n) is 15.1. The quantitative estimate of drug-likeness (QED) is 0.446. The molecule has 0 aromatic heterocycles. The molecule has 1 aromatic rings. The third-order valence-corrected chi connectivity index (χ3v) is 4.15. The lowest BCUT2D eigenvalue weighted by Crippen LogP contribution is -2.47. The van der Waals surface area contributed by atoms with Crippen molar-refractivity contribution < 1.29 is 18.6 Å². The van der Waals surface area contributed by atoms with Crippen molar-refractivity contribution in [3.63, 3.8) is 0 Å². The van der Waals surface area contributed by atoms with E-state index in [1.165, 1.54) is 12.1 Å². The van der Waals surface area contributed by atoms with E-state index >= 15 is 0 Å². The molecule has 0 aliphatic rings. The zero-order valence-corrected chi connectivity index (χ0v) is 15.1. The molecule has 0 aliphatic carbocycles. The van der Waals surface area contributed by atoms with Gasteiger partial charge < -0.3 is 15.6 Å². The summed E-state index contributed by atoms with van der Waals surface area (Å²) in [5, 5.41) is 10.4. The van der Waals surface area contributed by atoms with Gasteiger partial charge in [-0.25, -0.2) is 8.78 Å². The van der Waals surface area contributed by atoms with Gasteiger partial charge in [-0.15, -0.1) is 6.58 Å². The first kappa shape index (κ1) is 21.7. The summed E-state index contributed by atoms with van der Waals surface area (Å²) < 4.78 is 32.0. The van der Waals surface area contributed by atoms with Gasteiger partial charge in [0.25, 0.3) is 0 Å². The number of aliphatic hydroxyl groups excluding tert-OH is 1. The molecule has 1 rings (SSSR count). The Balaban J connectivity index is 2.58. The van der Waals surface area contributed by atoms with Gasteiger partial charge in [0.1, 0.15) is 11.6 Å². The van der Waals surface area contributed by atoms with Crippen LogP contribution < -0.4 is 5.73 Å². The molecule has 0 saturated heterocycles. The monoisotopic (exact) mass is 356 g/mol. The minimum absolute atomic E-state index is 0.165. The Kier molecular flexibility index (Phi) is 9.82. The second-order valence-electron chi connectivity index (χ2n) is 6.42. The van der Waals surface area contributed by atoms with Crippen LogP contribution in [0.15, 0.2) is 30.9 Å². The summed E-state index contributed by atoms with van der Waals surface area (Å²) in [5.74, 6) is -1.28. The van der Waals surface area contributed by atoms with Crippen molar-refractivity contribution in [1.82, 2.24) is 4.90 Å². The lowest BCUT2D eigenvalue weighted by molar-refractivity contribution is 0.0425. The van der Waals surface area contributed by atoms with Crippen molar-refractivity contribution >= 4 is 0 Å². The molecule has 3 atom stereocenters. The zero-order chi connectivity index (χ0) is 18.8. The molecule has 0 saturated carbocycles. The van der Waals surface area contributed by atoms with E-state index in [4.69, 9.17) is 10.5 Å². The van der Waals surface area contributed by atoms with E-state index in [9.17, 15) is 13.9 Å². The normalized spacial score (nSPS) is 15.2. The molecule has 25 heavy (non-hydrogen) atoms. The Hall–Kier alpha value is -1.34. The highest BCUT2D eigenvalue weighted by Crippen LogP contribution is 2.13. The maximum atomic E-state index is 13.3. The first-order chi connectivity index (χ1) is 11.9. The summed E-state index contributed by atoms with van der Waals surface area (Å²) in [7, 11) is 1.91. The van der Waals surface area contributed by atoms with Crippen molar-refractivity contribution in [2.75, 3.05) is 26.8 Å². The number of halogens is 2. The number of hydrogen-bond donors (Lipinski definition) is 2. The van der Waals surface area contributed by atoms with Crippen molar-refractivity contribution in [1.29, 1.82) is 0 Å². The summed E-state index contributed by atoms with van der Waals surface area (Å²) in [6.07, 6.45) is 3.03. The largest absolute Gasteiger partial charge is 0.390 e. The van der Waals surface area contributed by atoms with E-state index < -0.39 is 23.8 Å². The lowest BCUT2D eigenvalue weighted by atomic mass is 10.0. The van der Waals surface area contributed by atoms with Crippen molar-refractivity contribution in [3.8, 4) is 0 Å². The third-order valence-electron chi connectivity index (χ3n) is 4.15. The van der Waals surface area contributed by atoms with Gasteiger partial charge in [0.05, 0.1) is 19.3 Å². The Labute approximate surface area is 149 Å². The molecule has 0 fully saturated rings. The molecule has 6 heteroatoms. The smallest absolute Gasteiger partial charge is 0.126 e. The Morgan fingerprint density at radius 2 is 1.96 bits per heavy atom. The predicted octanol–water partition coefficient (Wildman–Crippen LogP) is 2.50. The van der Waals surface area contributed by atoms with Crippen LogP contribution in [0.1, 0.15) is 25.3 Å².